The normalized spacial score (nSPS) is 30.5. The Morgan fingerprint density at radius 1 is 1.73 bits per heavy atom. The second-order valence-corrected chi connectivity index (χ2v) is 3.95. The molecule has 1 amide bonds. The van der Waals surface area contributed by atoms with Gasteiger partial charge in [0.25, 0.3) is 0 Å². The number of fused-ring (bicyclic) bond motifs is 1. The van der Waals surface area contributed by atoms with Gasteiger partial charge in [0.1, 0.15) is 5.70 Å². The number of carbonyl (C=O) groups excluding carboxylic acids is 2. The van der Waals surface area contributed by atoms with Crippen LogP contribution in [-0.4, -0.2) is 34.2 Å². The van der Waals surface area contributed by atoms with Crippen LogP contribution in [0.25, 0.3) is 0 Å². The van der Waals surface area contributed by atoms with E-state index < -0.39 is 12.3 Å². The van der Waals surface area contributed by atoms with Crippen LogP contribution in [0.3, 0.4) is 0 Å². The Bertz CT molecular complexity index is 347. The third kappa shape index (κ3) is 1.52. The number of hydrogen-bond acceptors (Lipinski definition) is 4. The van der Waals surface area contributed by atoms with Crippen LogP contribution in [0, 0.1) is 5.92 Å². The molecule has 2 aliphatic heterocycles. The van der Waals surface area contributed by atoms with Crippen molar-refractivity contribution < 1.29 is 19.4 Å². The van der Waals surface area contributed by atoms with Gasteiger partial charge in [0.05, 0.1) is 6.04 Å². The number of amides is 1. The lowest BCUT2D eigenvalue weighted by atomic mass is 9.94. The first-order chi connectivity index (χ1) is 7.00. The minimum atomic E-state index is -1.15. The van der Waals surface area contributed by atoms with Gasteiger partial charge in [-0.25, -0.2) is 4.79 Å². The molecule has 5 nitrogen and oxygen atoms in total. The number of rotatable bonds is 2. The first kappa shape index (κ1) is 10.2. The molecule has 0 aromatic carbocycles. The molecule has 2 aliphatic rings. The molecular formula is C10H13NO4. The van der Waals surface area contributed by atoms with Crippen molar-refractivity contribution >= 4 is 11.9 Å². The standard InChI is InChI=1S/C10H13NO4/c1-5-3-8(10(14)15-6(2)12)11-7(5)4-9(11)13/h3,5-7,12H,4H2,1-2H3/t5?,6-,7+/m1/s1. The Morgan fingerprint density at radius 2 is 2.40 bits per heavy atom. The predicted molar refractivity (Wildman–Crippen MR) is 50.3 cm³/mol. The largest absolute Gasteiger partial charge is 0.432 e. The molecule has 0 aromatic rings. The Hall–Kier alpha value is -1.36. The molecule has 0 aliphatic carbocycles. The molecule has 82 valence electrons. The second kappa shape index (κ2) is 3.34. The number of nitrogens with zero attached hydrogens (tertiary/aromatic N) is 1. The third-order valence-corrected chi connectivity index (χ3v) is 2.76. The van der Waals surface area contributed by atoms with E-state index in [-0.39, 0.29) is 23.6 Å². The molecular weight excluding hydrogens is 198 g/mol. The number of β-lactam (4-membered cyclic amide) rings is 1. The zero-order valence-corrected chi connectivity index (χ0v) is 8.64. The maximum atomic E-state index is 11.5. The topological polar surface area (TPSA) is 66.8 Å². The van der Waals surface area contributed by atoms with Crippen molar-refractivity contribution in [3.05, 3.63) is 11.8 Å². The van der Waals surface area contributed by atoms with Gasteiger partial charge in [-0.3, -0.25) is 4.79 Å². The van der Waals surface area contributed by atoms with Gasteiger partial charge in [0.15, 0.2) is 6.29 Å². The highest BCUT2D eigenvalue weighted by Crippen LogP contribution is 2.37. The minimum Gasteiger partial charge on any atom is -0.432 e. The van der Waals surface area contributed by atoms with Crippen LogP contribution in [0.15, 0.2) is 11.8 Å². The lowest BCUT2D eigenvalue weighted by Gasteiger charge is -2.37. The first-order valence-corrected chi connectivity index (χ1v) is 4.93. The van der Waals surface area contributed by atoms with Crippen molar-refractivity contribution in [1.82, 2.24) is 4.90 Å². The van der Waals surface area contributed by atoms with Gasteiger partial charge < -0.3 is 14.7 Å². The van der Waals surface area contributed by atoms with Gasteiger partial charge in [0, 0.05) is 6.42 Å². The highest BCUT2D eigenvalue weighted by atomic mass is 16.6. The first-order valence-electron chi connectivity index (χ1n) is 4.93. The molecule has 2 rings (SSSR count). The Labute approximate surface area is 87.3 Å². The summed E-state index contributed by atoms with van der Waals surface area (Å²) in [5.41, 5.74) is 0.268. The maximum Gasteiger partial charge on any atom is 0.357 e. The van der Waals surface area contributed by atoms with Crippen LogP contribution in [0.5, 0.6) is 0 Å². The summed E-state index contributed by atoms with van der Waals surface area (Å²) in [5.74, 6) is -0.509. The SMILES string of the molecule is CC1C=C(C(=O)O[C@H](C)O)N2C(=O)C[C@@H]12. The molecule has 0 spiro atoms. The zero-order chi connectivity index (χ0) is 11.2. The fourth-order valence-corrected chi connectivity index (χ4v) is 2.00. The fourth-order valence-electron chi connectivity index (χ4n) is 2.00. The van der Waals surface area contributed by atoms with E-state index in [0.29, 0.717) is 6.42 Å². The highest BCUT2D eigenvalue weighted by molar-refractivity contribution is 5.98. The van der Waals surface area contributed by atoms with E-state index in [1.165, 1.54) is 11.8 Å². The summed E-state index contributed by atoms with van der Waals surface area (Å²) in [4.78, 5) is 24.2. The summed E-state index contributed by atoms with van der Waals surface area (Å²) in [5, 5.41) is 8.91. The van der Waals surface area contributed by atoms with Crippen molar-refractivity contribution in [3.8, 4) is 0 Å². The Balaban J connectivity index is 2.12. The summed E-state index contributed by atoms with van der Waals surface area (Å²) in [6, 6.07) is 0.106. The van der Waals surface area contributed by atoms with Crippen molar-refractivity contribution in [2.45, 2.75) is 32.6 Å². The van der Waals surface area contributed by atoms with Crippen molar-refractivity contribution in [2.75, 3.05) is 0 Å². The van der Waals surface area contributed by atoms with E-state index in [1.807, 2.05) is 6.92 Å². The van der Waals surface area contributed by atoms with Crippen molar-refractivity contribution in [3.63, 3.8) is 0 Å². The molecule has 15 heavy (non-hydrogen) atoms. The van der Waals surface area contributed by atoms with E-state index in [1.54, 1.807) is 6.08 Å². The van der Waals surface area contributed by atoms with Gasteiger partial charge in [-0.2, -0.15) is 0 Å². The van der Waals surface area contributed by atoms with Gasteiger partial charge in [-0.15, -0.1) is 0 Å². The number of ether oxygens (including phenoxy) is 1. The number of carbonyl (C=O) groups is 2. The number of aliphatic hydroxyl groups is 1. The molecule has 1 unspecified atom stereocenters. The zero-order valence-electron chi connectivity index (χ0n) is 8.64. The molecule has 0 aromatic heterocycles. The van der Waals surface area contributed by atoms with E-state index in [2.05, 4.69) is 4.74 Å². The fraction of sp³-hybridized carbons (Fsp3) is 0.600. The number of esters is 1. The Kier molecular flexibility index (Phi) is 2.26. The quantitative estimate of drug-likeness (QED) is 0.396. The van der Waals surface area contributed by atoms with Gasteiger partial charge in [-0.05, 0) is 18.9 Å². The highest BCUT2D eigenvalue weighted by Gasteiger charge is 2.48. The maximum absolute atomic E-state index is 11.5. The molecule has 1 fully saturated rings. The summed E-state index contributed by atoms with van der Waals surface area (Å²) < 4.78 is 4.64. The minimum absolute atomic E-state index is 0.0573. The van der Waals surface area contributed by atoms with Crippen LogP contribution in [0.2, 0.25) is 0 Å². The monoisotopic (exact) mass is 211 g/mol. The van der Waals surface area contributed by atoms with E-state index >= 15 is 0 Å². The summed E-state index contributed by atoms with van der Waals surface area (Å²) in [6.45, 7) is 3.30. The van der Waals surface area contributed by atoms with Crippen LogP contribution in [-0.2, 0) is 14.3 Å². The van der Waals surface area contributed by atoms with E-state index in [9.17, 15) is 9.59 Å². The summed E-state index contributed by atoms with van der Waals surface area (Å²) >= 11 is 0. The summed E-state index contributed by atoms with van der Waals surface area (Å²) in [7, 11) is 0. The molecule has 0 saturated carbocycles. The molecule has 5 heteroatoms. The van der Waals surface area contributed by atoms with Gasteiger partial charge >= 0.3 is 5.97 Å². The van der Waals surface area contributed by atoms with E-state index in [0.717, 1.165) is 0 Å². The van der Waals surface area contributed by atoms with Crippen molar-refractivity contribution in [2.24, 2.45) is 5.92 Å². The van der Waals surface area contributed by atoms with Crippen molar-refractivity contribution in [1.29, 1.82) is 0 Å². The van der Waals surface area contributed by atoms with Gasteiger partial charge in [-0.1, -0.05) is 6.92 Å². The lowest BCUT2D eigenvalue weighted by Crippen LogP contribution is -2.52. The van der Waals surface area contributed by atoms with Crippen LogP contribution >= 0.6 is 0 Å². The average Bonchev–Trinajstić information content (AvgIpc) is 2.36. The van der Waals surface area contributed by atoms with E-state index in [4.69, 9.17) is 5.11 Å². The third-order valence-electron chi connectivity index (χ3n) is 2.76. The molecule has 2 heterocycles. The number of aliphatic hydroxyl groups excluding tert-OH is 1. The smallest absolute Gasteiger partial charge is 0.357 e. The summed E-state index contributed by atoms with van der Waals surface area (Å²) in [6.07, 6.45) is 1.06. The average molecular weight is 211 g/mol. The molecule has 0 bridgehead atoms. The van der Waals surface area contributed by atoms with Crippen LogP contribution in [0.4, 0.5) is 0 Å². The molecule has 0 radical (unpaired) electrons. The lowest BCUT2D eigenvalue weighted by molar-refractivity contribution is -0.165. The van der Waals surface area contributed by atoms with Crippen LogP contribution in [0.1, 0.15) is 20.3 Å². The molecule has 3 atom stereocenters. The van der Waals surface area contributed by atoms with Gasteiger partial charge in [0.2, 0.25) is 5.91 Å². The Morgan fingerprint density at radius 3 is 2.93 bits per heavy atom. The second-order valence-electron chi connectivity index (χ2n) is 3.95. The molecule has 1 N–H and O–H groups in total. The number of hydrogen-bond donors (Lipinski definition) is 1. The van der Waals surface area contributed by atoms with Crippen LogP contribution < -0.4 is 0 Å². The predicted octanol–water partition coefficient (Wildman–Crippen LogP) is 0.00240. The molecule has 1 saturated heterocycles.